The van der Waals surface area contributed by atoms with Gasteiger partial charge in [0.1, 0.15) is 16.5 Å². The number of nitrogens with zero attached hydrogens (tertiary/aromatic N) is 4. The van der Waals surface area contributed by atoms with Crippen LogP contribution >= 0.6 is 0 Å². The molecule has 0 unspecified atom stereocenters. The van der Waals surface area contributed by atoms with Crippen molar-refractivity contribution in [3.8, 4) is 5.75 Å². The summed E-state index contributed by atoms with van der Waals surface area (Å²) < 4.78 is 34.3. The highest BCUT2D eigenvalue weighted by Gasteiger charge is 2.26. The zero-order valence-corrected chi connectivity index (χ0v) is 18.0. The van der Waals surface area contributed by atoms with Crippen molar-refractivity contribution in [2.24, 2.45) is 0 Å². The Bertz CT molecular complexity index is 1140. The van der Waals surface area contributed by atoms with Crippen LogP contribution in [0.1, 0.15) is 30.0 Å². The Morgan fingerprint density at radius 2 is 1.93 bits per heavy atom. The zero-order valence-electron chi connectivity index (χ0n) is 17.2. The summed E-state index contributed by atoms with van der Waals surface area (Å²) in [5.41, 5.74) is 0.980. The van der Waals surface area contributed by atoms with E-state index in [2.05, 4.69) is 15.5 Å². The fourth-order valence-corrected chi connectivity index (χ4v) is 4.81. The first-order valence-corrected chi connectivity index (χ1v) is 11.1. The highest BCUT2D eigenvalue weighted by molar-refractivity contribution is 7.89. The molecule has 0 saturated heterocycles. The lowest BCUT2D eigenvalue weighted by molar-refractivity contribution is 0.0953. The number of rotatable bonds is 9. The maximum Gasteiger partial charge on any atom is 0.251 e. The highest BCUT2D eigenvalue weighted by atomic mass is 32.2. The molecule has 0 atom stereocenters. The van der Waals surface area contributed by atoms with Gasteiger partial charge >= 0.3 is 0 Å². The Morgan fingerprint density at radius 1 is 1.17 bits per heavy atom. The molecular formula is C20H25N5O4S. The lowest BCUT2D eigenvalue weighted by atomic mass is 10.2. The molecule has 2 heterocycles. The third kappa shape index (κ3) is 4.29. The van der Waals surface area contributed by atoms with Gasteiger partial charge in [-0.1, -0.05) is 19.9 Å². The lowest BCUT2D eigenvalue weighted by Gasteiger charge is -2.20. The molecule has 0 aliphatic carbocycles. The molecule has 0 aliphatic rings. The summed E-state index contributed by atoms with van der Waals surface area (Å²) in [5, 5.41) is 11.0. The molecule has 0 radical (unpaired) electrons. The SMILES string of the molecule is CCN(CC)S(=O)(=O)c1cc(C(=O)NCCc2nnc3ccccn23)ccc1OC. The average molecular weight is 432 g/mol. The van der Waals surface area contributed by atoms with E-state index in [0.717, 1.165) is 11.5 Å². The molecule has 30 heavy (non-hydrogen) atoms. The van der Waals surface area contributed by atoms with Crippen LogP contribution in [0.15, 0.2) is 47.5 Å². The van der Waals surface area contributed by atoms with Gasteiger partial charge in [-0.25, -0.2) is 8.42 Å². The van der Waals surface area contributed by atoms with Crippen LogP contribution in [0.25, 0.3) is 5.65 Å². The number of methoxy groups -OCH3 is 1. The van der Waals surface area contributed by atoms with Crippen LogP contribution in [-0.2, 0) is 16.4 Å². The fraction of sp³-hybridized carbons (Fsp3) is 0.350. The van der Waals surface area contributed by atoms with E-state index in [1.54, 1.807) is 19.9 Å². The molecule has 160 valence electrons. The second kappa shape index (κ2) is 9.23. The van der Waals surface area contributed by atoms with E-state index in [0.29, 0.717) is 26.1 Å². The maximum absolute atomic E-state index is 12.9. The second-order valence-corrected chi connectivity index (χ2v) is 8.41. The van der Waals surface area contributed by atoms with Crippen molar-refractivity contribution in [3.63, 3.8) is 0 Å². The van der Waals surface area contributed by atoms with Crippen LogP contribution in [0.4, 0.5) is 0 Å². The Labute approximate surface area is 175 Å². The van der Waals surface area contributed by atoms with E-state index in [-0.39, 0.29) is 22.1 Å². The first-order valence-electron chi connectivity index (χ1n) is 9.67. The topological polar surface area (TPSA) is 106 Å². The number of pyridine rings is 1. The van der Waals surface area contributed by atoms with E-state index >= 15 is 0 Å². The van der Waals surface area contributed by atoms with Gasteiger partial charge in [0.25, 0.3) is 5.91 Å². The predicted octanol–water partition coefficient (Wildman–Crippen LogP) is 1.74. The summed E-state index contributed by atoms with van der Waals surface area (Å²) in [6.07, 6.45) is 2.35. The number of amides is 1. The number of fused-ring (bicyclic) bond motifs is 1. The first-order chi connectivity index (χ1) is 14.4. The van der Waals surface area contributed by atoms with Gasteiger partial charge in [-0.2, -0.15) is 4.31 Å². The molecule has 3 aromatic rings. The predicted molar refractivity (Wildman–Crippen MR) is 112 cm³/mol. The molecule has 2 aromatic heterocycles. The second-order valence-electron chi connectivity index (χ2n) is 6.51. The van der Waals surface area contributed by atoms with E-state index in [9.17, 15) is 13.2 Å². The van der Waals surface area contributed by atoms with E-state index in [1.807, 2.05) is 28.8 Å². The molecule has 0 fully saturated rings. The number of sulfonamides is 1. The number of nitrogens with one attached hydrogen (secondary N) is 1. The molecule has 1 N–H and O–H groups in total. The molecule has 1 amide bonds. The Balaban J connectivity index is 1.76. The third-order valence-corrected chi connectivity index (χ3v) is 6.84. The van der Waals surface area contributed by atoms with Crippen LogP contribution < -0.4 is 10.1 Å². The summed E-state index contributed by atoms with van der Waals surface area (Å²) in [6.45, 7) is 4.50. The van der Waals surface area contributed by atoms with Crippen molar-refractivity contribution in [2.45, 2.75) is 25.2 Å². The van der Waals surface area contributed by atoms with Crippen LogP contribution in [0.2, 0.25) is 0 Å². The smallest absolute Gasteiger partial charge is 0.251 e. The number of carbonyl (C=O) groups is 1. The number of hydrogen-bond acceptors (Lipinski definition) is 6. The number of ether oxygens (including phenoxy) is 1. The highest BCUT2D eigenvalue weighted by Crippen LogP contribution is 2.27. The summed E-state index contributed by atoms with van der Waals surface area (Å²) in [5.74, 6) is 0.557. The minimum Gasteiger partial charge on any atom is -0.495 e. The van der Waals surface area contributed by atoms with Crippen molar-refractivity contribution in [3.05, 3.63) is 54.0 Å². The van der Waals surface area contributed by atoms with Crippen molar-refractivity contribution in [1.82, 2.24) is 24.2 Å². The molecule has 0 bridgehead atoms. The molecule has 3 rings (SSSR count). The van der Waals surface area contributed by atoms with E-state index < -0.39 is 10.0 Å². The molecular weight excluding hydrogens is 406 g/mol. The summed E-state index contributed by atoms with van der Waals surface area (Å²) in [7, 11) is -2.37. The summed E-state index contributed by atoms with van der Waals surface area (Å²) >= 11 is 0. The molecule has 0 aliphatic heterocycles. The largest absolute Gasteiger partial charge is 0.495 e. The van der Waals surface area contributed by atoms with Gasteiger partial charge in [-0.05, 0) is 30.3 Å². The van der Waals surface area contributed by atoms with Gasteiger partial charge in [0.05, 0.1) is 7.11 Å². The Hall–Kier alpha value is -2.98. The summed E-state index contributed by atoms with van der Waals surface area (Å²) in [4.78, 5) is 12.6. The van der Waals surface area contributed by atoms with Crippen molar-refractivity contribution >= 4 is 21.6 Å². The van der Waals surface area contributed by atoms with Gasteiger partial charge in [0, 0.05) is 37.8 Å². The molecule has 1 aromatic carbocycles. The zero-order chi connectivity index (χ0) is 21.7. The average Bonchev–Trinajstić information content (AvgIpc) is 3.17. The Kier molecular flexibility index (Phi) is 6.68. The maximum atomic E-state index is 12.9. The molecule has 0 saturated carbocycles. The molecule has 0 spiro atoms. The number of hydrogen-bond donors (Lipinski definition) is 1. The standard InChI is InChI=1S/C20H25N5O4S/c1-4-24(5-2)30(27,28)17-14-15(9-10-16(17)29-3)20(26)21-12-11-19-23-22-18-8-6-7-13-25(18)19/h6-10,13-14H,4-5,11-12H2,1-3H3,(H,21,26). The van der Waals surface area contributed by atoms with Crippen LogP contribution in [-0.4, -0.2) is 60.0 Å². The van der Waals surface area contributed by atoms with Crippen molar-refractivity contribution < 1.29 is 17.9 Å². The van der Waals surface area contributed by atoms with Crippen LogP contribution in [0.5, 0.6) is 5.75 Å². The lowest BCUT2D eigenvalue weighted by Crippen LogP contribution is -2.31. The van der Waals surface area contributed by atoms with Crippen molar-refractivity contribution in [2.75, 3.05) is 26.7 Å². The van der Waals surface area contributed by atoms with Crippen molar-refractivity contribution in [1.29, 1.82) is 0 Å². The van der Waals surface area contributed by atoms with Gasteiger partial charge in [-0.3, -0.25) is 9.20 Å². The monoisotopic (exact) mass is 431 g/mol. The third-order valence-electron chi connectivity index (χ3n) is 4.77. The quantitative estimate of drug-likeness (QED) is 0.553. The minimum absolute atomic E-state index is 0.0233. The fourth-order valence-electron chi connectivity index (χ4n) is 3.17. The number of benzene rings is 1. The van der Waals surface area contributed by atoms with Crippen LogP contribution in [0.3, 0.4) is 0 Å². The normalized spacial score (nSPS) is 11.7. The molecule has 10 heteroatoms. The van der Waals surface area contributed by atoms with Gasteiger partial charge in [0.15, 0.2) is 5.65 Å². The number of carbonyl (C=O) groups excluding carboxylic acids is 1. The summed E-state index contributed by atoms with van der Waals surface area (Å²) in [6, 6.07) is 10.0. The number of aromatic nitrogens is 3. The first kappa shape index (κ1) is 21.7. The van der Waals surface area contributed by atoms with Crippen LogP contribution in [0, 0.1) is 0 Å². The Morgan fingerprint density at radius 3 is 2.63 bits per heavy atom. The van der Waals surface area contributed by atoms with Gasteiger partial charge in [-0.15, -0.1) is 10.2 Å². The van der Waals surface area contributed by atoms with E-state index in [1.165, 1.54) is 23.5 Å². The van der Waals surface area contributed by atoms with Gasteiger partial charge < -0.3 is 10.1 Å². The van der Waals surface area contributed by atoms with E-state index in [4.69, 9.17) is 4.74 Å². The molecule has 9 nitrogen and oxygen atoms in total. The minimum atomic E-state index is -3.77. The van der Waals surface area contributed by atoms with Gasteiger partial charge in [0.2, 0.25) is 10.0 Å².